The van der Waals surface area contributed by atoms with Gasteiger partial charge in [-0.05, 0) is 31.0 Å². The maximum absolute atomic E-state index is 13.1. The fourth-order valence-corrected chi connectivity index (χ4v) is 1.89. The van der Waals surface area contributed by atoms with Gasteiger partial charge in [-0.3, -0.25) is 0 Å². The minimum atomic E-state index is -1.49. The second-order valence-electron chi connectivity index (χ2n) is 4.39. The SMILES string of the molecule is CCCC(C)NC(CO)c1cc(F)c(F)c(F)c1. The monoisotopic (exact) mass is 261 g/mol. The van der Waals surface area contributed by atoms with Crippen molar-refractivity contribution >= 4 is 0 Å². The van der Waals surface area contributed by atoms with Crippen LogP contribution in [-0.4, -0.2) is 17.8 Å². The Labute approximate surface area is 105 Å². The topological polar surface area (TPSA) is 32.3 Å². The molecule has 2 N–H and O–H groups in total. The zero-order chi connectivity index (χ0) is 13.7. The number of aliphatic hydroxyl groups excluding tert-OH is 1. The predicted octanol–water partition coefficient (Wildman–Crippen LogP) is 2.92. The molecule has 2 atom stereocenters. The Balaban J connectivity index is 2.88. The smallest absolute Gasteiger partial charge is 0.194 e. The first-order valence-corrected chi connectivity index (χ1v) is 6.00. The zero-order valence-electron chi connectivity index (χ0n) is 10.5. The van der Waals surface area contributed by atoms with Crippen LogP contribution in [0.25, 0.3) is 0 Å². The van der Waals surface area contributed by atoms with E-state index in [0.29, 0.717) is 0 Å². The lowest BCUT2D eigenvalue weighted by molar-refractivity contribution is 0.232. The van der Waals surface area contributed by atoms with Gasteiger partial charge >= 0.3 is 0 Å². The number of halogens is 3. The summed E-state index contributed by atoms with van der Waals surface area (Å²) in [6, 6.07) is 1.31. The summed E-state index contributed by atoms with van der Waals surface area (Å²) in [5, 5.41) is 12.3. The lowest BCUT2D eigenvalue weighted by Crippen LogP contribution is -2.32. The van der Waals surface area contributed by atoms with Crippen LogP contribution in [0.5, 0.6) is 0 Å². The Bertz CT molecular complexity index is 375. The summed E-state index contributed by atoms with van der Waals surface area (Å²) in [6.45, 7) is 3.63. The van der Waals surface area contributed by atoms with Crippen LogP contribution in [0.2, 0.25) is 0 Å². The van der Waals surface area contributed by atoms with Crippen molar-refractivity contribution in [2.75, 3.05) is 6.61 Å². The van der Waals surface area contributed by atoms with E-state index < -0.39 is 23.5 Å². The summed E-state index contributed by atoms with van der Waals surface area (Å²) in [7, 11) is 0. The molecule has 0 radical (unpaired) electrons. The highest BCUT2D eigenvalue weighted by atomic mass is 19.2. The van der Waals surface area contributed by atoms with Crippen molar-refractivity contribution in [3.8, 4) is 0 Å². The largest absolute Gasteiger partial charge is 0.394 e. The highest BCUT2D eigenvalue weighted by Gasteiger charge is 2.18. The van der Waals surface area contributed by atoms with Gasteiger partial charge in [0.15, 0.2) is 17.5 Å². The van der Waals surface area contributed by atoms with Crippen molar-refractivity contribution in [3.05, 3.63) is 35.1 Å². The van der Waals surface area contributed by atoms with Gasteiger partial charge in [0.25, 0.3) is 0 Å². The van der Waals surface area contributed by atoms with Crippen molar-refractivity contribution in [1.29, 1.82) is 0 Å². The van der Waals surface area contributed by atoms with Crippen LogP contribution in [-0.2, 0) is 0 Å². The molecule has 1 rings (SSSR count). The molecule has 102 valence electrons. The lowest BCUT2D eigenvalue weighted by atomic mass is 10.0. The van der Waals surface area contributed by atoms with Crippen molar-refractivity contribution in [2.45, 2.75) is 38.8 Å². The van der Waals surface area contributed by atoms with Crippen molar-refractivity contribution in [1.82, 2.24) is 5.32 Å². The third-order valence-corrected chi connectivity index (χ3v) is 2.80. The fourth-order valence-electron chi connectivity index (χ4n) is 1.89. The molecule has 2 unspecified atom stereocenters. The molecule has 5 heteroatoms. The van der Waals surface area contributed by atoms with Gasteiger partial charge in [0.05, 0.1) is 12.6 Å². The highest BCUT2D eigenvalue weighted by Crippen LogP contribution is 2.20. The van der Waals surface area contributed by atoms with Crippen LogP contribution in [0.1, 0.15) is 38.3 Å². The molecule has 18 heavy (non-hydrogen) atoms. The van der Waals surface area contributed by atoms with E-state index in [1.54, 1.807) is 0 Å². The molecule has 1 aromatic carbocycles. The maximum Gasteiger partial charge on any atom is 0.194 e. The Hall–Kier alpha value is -1.07. The Morgan fingerprint density at radius 1 is 1.22 bits per heavy atom. The first-order valence-electron chi connectivity index (χ1n) is 6.00. The van der Waals surface area contributed by atoms with Crippen LogP contribution in [0, 0.1) is 17.5 Å². The van der Waals surface area contributed by atoms with Gasteiger partial charge in [-0.1, -0.05) is 13.3 Å². The highest BCUT2D eigenvalue weighted by molar-refractivity contribution is 5.23. The van der Waals surface area contributed by atoms with E-state index in [0.717, 1.165) is 25.0 Å². The van der Waals surface area contributed by atoms with E-state index in [4.69, 9.17) is 0 Å². The standard InChI is InChI=1S/C13H18F3NO/c1-3-4-8(2)17-12(7-18)9-5-10(14)13(16)11(15)6-9/h5-6,8,12,17-18H,3-4,7H2,1-2H3. The molecule has 0 aliphatic heterocycles. The van der Waals surface area contributed by atoms with Gasteiger partial charge in [-0.2, -0.15) is 0 Å². The van der Waals surface area contributed by atoms with E-state index in [9.17, 15) is 18.3 Å². The molecule has 0 aliphatic carbocycles. The zero-order valence-corrected chi connectivity index (χ0v) is 10.5. The van der Waals surface area contributed by atoms with Gasteiger partial charge in [-0.25, -0.2) is 13.2 Å². The van der Waals surface area contributed by atoms with E-state index in [1.165, 1.54) is 0 Å². The molecule has 0 saturated carbocycles. The van der Waals surface area contributed by atoms with Crippen LogP contribution in [0.15, 0.2) is 12.1 Å². The quantitative estimate of drug-likeness (QED) is 0.772. The first-order chi connectivity index (χ1) is 8.49. The van der Waals surface area contributed by atoms with Gasteiger partial charge in [0.2, 0.25) is 0 Å². The second-order valence-corrected chi connectivity index (χ2v) is 4.39. The van der Waals surface area contributed by atoms with E-state index in [2.05, 4.69) is 5.32 Å². The average molecular weight is 261 g/mol. The molecular formula is C13H18F3NO. The average Bonchev–Trinajstić information content (AvgIpc) is 2.32. The normalized spacial score (nSPS) is 14.6. The van der Waals surface area contributed by atoms with Gasteiger partial charge in [0, 0.05) is 6.04 Å². The number of benzene rings is 1. The third-order valence-electron chi connectivity index (χ3n) is 2.80. The lowest BCUT2D eigenvalue weighted by Gasteiger charge is -2.22. The van der Waals surface area contributed by atoms with Gasteiger partial charge in [-0.15, -0.1) is 0 Å². The summed E-state index contributed by atoms with van der Waals surface area (Å²) in [6.07, 6.45) is 1.83. The van der Waals surface area contributed by atoms with Crippen molar-refractivity contribution < 1.29 is 18.3 Å². The number of aliphatic hydroxyl groups is 1. The van der Waals surface area contributed by atoms with Crippen LogP contribution < -0.4 is 5.32 Å². The molecule has 0 heterocycles. The molecule has 0 amide bonds. The number of rotatable bonds is 6. The number of nitrogens with one attached hydrogen (secondary N) is 1. The summed E-state index contributed by atoms with van der Waals surface area (Å²) < 4.78 is 39.0. The molecule has 0 saturated heterocycles. The van der Waals surface area contributed by atoms with E-state index >= 15 is 0 Å². The molecule has 2 nitrogen and oxygen atoms in total. The summed E-state index contributed by atoms with van der Waals surface area (Å²) in [5.41, 5.74) is 0.205. The number of hydrogen-bond acceptors (Lipinski definition) is 2. The van der Waals surface area contributed by atoms with E-state index in [1.807, 2.05) is 13.8 Å². The molecular weight excluding hydrogens is 243 g/mol. The molecule has 0 bridgehead atoms. The minimum Gasteiger partial charge on any atom is -0.394 e. The fraction of sp³-hybridized carbons (Fsp3) is 0.538. The van der Waals surface area contributed by atoms with Gasteiger partial charge < -0.3 is 10.4 Å². The molecule has 0 aromatic heterocycles. The van der Waals surface area contributed by atoms with Crippen LogP contribution in [0.4, 0.5) is 13.2 Å². The maximum atomic E-state index is 13.1. The summed E-state index contributed by atoms with van der Waals surface area (Å²) in [5.74, 6) is -3.97. The molecule has 0 spiro atoms. The van der Waals surface area contributed by atoms with Gasteiger partial charge in [0.1, 0.15) is 0 Å². The second kappa shape index (κ2) is 6.75. The first kappa shape index (κ1) is 15.0. The minimum absolute atomic E-state index is 0.100. The predicted molar refractivity (Wildman–Crippen MR) is 63.6 cm³/mol. The molecule has 0 aliphatic rings. The summed E-state index contributed by atoms with van der Waals surface area (Å²) in [4.78, 5) is 0. The Morgan fingerprint density at radius 2 is 1.78 bits per heavy atom. The Morgan fingerprint density at radius 3 is 2.22 bits per heavy atom. The van der Waals surface area contributed by atoms with Crippen molar-refractivity contribution in [3.63, 3.8) is 0 Å². The van der Waals surface area contributed by atoms with Crippen LogP contribution in [0.3, 0.4) is 0 Å². The molecule has 1 aromatic rings. The van der Waals surface area contributed by atoms with Crippen LogP contribution >= 0.6 is 0 Å². The summed E-state index contributed by atoms with van der Waals surface area (Å²) >= 11 is 0. The van der Waals surface area contributed by atoms with E-state index in [-0.39, 0.29) is 18.2 Å². The molecule has 0 fully saturated rings. The number of hydrogen-bond donors (Lipinski definition) is 2. The Kier molecular flexibility index (Phi) is 5.62. The van der Waals surface area contributed by atoms with Crippen molar-refractivity contribution in [2.24, 2.45) is 0 Å². The third kappa shape index (κ3) is 3.71.